The highest BCUT2D eigenvalue weighted by atomic mass is 16.5. The molecule has 0 saturated carbocycles. The number of rotatable bonds is 4. The van der Waals surface area contributed by atoms with Gasteiger partial charge in [0.15, 0.2) is 0 Å². The molecular weight excluding hydrogens is 264 g/mol. The Hall–Kier alpha value is -1.54. The van der Waals surface area contributed by atoms with Gasteiger partial charge in [0.25, 0.3) is 0 Å². The summed E-state index contributed by atoms with van der Waals surface area (Å²) in [5.41, 5.74) is 7.59. The fourth-order valence-electron chi connectivity index (χ4n) is 2.68. The standard InChI is InChI=1S/C17H24N2O2/c1-20-16-7-10-19(11-8-16)13-15-12-14(4-3-9-18)5-6-17(15)21-2/h5-6,12,16H,7-11,13,18H2,1-2H3. The summed E-state index contributed by atoms with van der Waals surface area (Å²) in [7, 11) is 3.50. The molecule has 0 aliphatic carbocycles. The van der Waals surface area contributed by atoms with Gasteiger partial charge in [-0.15, -0.1) is 0 Å². The molecule has 1 heterocycles. The Balaban J connectivity index is 2.07. The highest BCUT2D eigenvalue weighted by Crippen LogP contribution is 2.23. The largest absolute Gasteiger partial charge is 0.496 e. The molecule has 4 nitrogen and oxygen atoms in total. The molecule has 2 N–H and O–H groups in total. The molecule has 2 rings (SSSR count). The molecule has 0 atom stereocenters. The number of hydrogen-bond acceptors (Lipinski definition) is 4. The van der Waals surface area contributed by atoms with Gasteiger partial charge in [-0.25, -0.2) is 0 Å². The molecule has 1 aromatic rings. The van der Waals surface area contributed by atoms with Gasteiger partial charge in [-0.05, 0) is 31.0 Å². The highest BCUT2D eigenvalue weighted by Gasteiger charge is 2.19. The first-order valence-electron chi connectivity index (χ1n) is 7.37. The summed E-state index contributed by atoms with van der Waals surface area (Å²) in [6.07, 6.45) is 2.58. The molecule has 114 valence electrons. The van der Waals surface area contributed by atoms with E-state index in [9.17, 15) is 0 Å². The Morgan fingerprint density at radius 2 is 2.05 bits per heavy atom. The van der Waals surface area contributed by atoms with E-state index >= 15 is 0 Å². The van der Waals surface area contributed by atoms with Gasteiger partial charge < -0.3 is 15.2 Å². The lowest BCUT2D eigenvalue weighted by atomic mass is 10.0. The van der Waals surface area contributed by atoms with Crippen molar-refractivity contribution in [3.8, 4) is 17.6 Å². The predicted octanol–water partition coefficient (Wildman–Crippen LogP) is 1.62. The van der Waals surface area contributed by atoms with Crippen LogP contribution in [-0.4, -0.2) is 44.9 Å². The van der Waals surface area contributed by atoms with E-state index in [0.29, 0.717) is 12.6 Å². The van der Waals surface area contributed by atoms with E-state index in [1.807, 2.05) is 12.1 Å². The summed E-state index contributed by atoms with van der Waals surface area (Å²) in [6.45, 7) is 3.38. The molecule has 1 aliphatic rings. The SMILES string of the molecule is COc1ccc(C#CCN)cc1CN1CCC(OC)CC1. The summed E-state index contributed by atoms with van der Waals surface area (Å²) in [4.78, 5) is 2.44. The average Bonchev–Trinajstić information content (AvgIpc) is 2.54. The van der Waals surface area contributed by atoms with Crippen molar-refractivity contribution >= 4 is 0 Å². The van der Waals surface area contributed by atoms with Crippen molar-refractivity contribution in [3.63, 3.8) is 0 Å². The van der Waals surface area contributed by atoms with E-state index < -0.39 is 0 Å². The van der Waals surface area contributed by atoms with E-state index in [1.165, 1.54) is 5.56 Å². The van der Waals surface area contributed by atoms with Gasteiger partial charge >= 0.3 is 0 Å². The molecule has 1 fully saturated rings. The Bertz CT molecular complexity index is 511. The molecule has 0 radical (unpaired) electrons. The minimum Gasteiger partial charge on any atom is -0.496 e. The van der Waals surface area contributed by atoms with Crippen LogP contribution in [0.1, 0.15) is 24.0 Å². The number of piperidine rings is 1. The van der Waals surface area contributed by atoms with Crippen LogP contribution in [0, 0.1) is 11.8 Å². The van der Waals surface area contributed by atoms with Gasteiger partial charge in [0.05, 0.1) is 19.8 Å². The average molecular weight is 288 g/mol. The maximum Gasteiger partial charge on any atom is 0.123 e. The summed E-state index contributed by atoms with van der Waals surface area (Å²) in [5, 5.41) is 0. The third-order valence-corrected chi connectivity index (χ3v) is 3.88. The zero-order valence-electron chi connectivity index (χ0n) is 12.9. The summed E-state index contributed by atoms with van der Waals surface area (Å²) in [5.74, 6) is 6.89. The molecule has 1 saturated heterocycles. The van der Waals surface area contributed by atoms with E-state index in [4.69, 9.17) is 15.2 Å². The molecule has 0 amide bonds. The number of benzene rings is 1. The Labute approximate surface area is 127 Å². The fraction of sp³-hybridized carbons (Fsp3) is 0.529. The number of likely N-dealkylation sites (tertiary alicyclic amines) is 1. The van der Waals surface area contributed by atoms with Gasteiger partial charge in [-0.1, -0.05) is 11.8 Å². The van der Waals surface area contributed by atoms with Crippen molar-refractivity contribution < 1.29 is 9.47 Å². The summed E-state index contributed by atoms with van der Waals surface area (Å²) >= 11 is 0. The lowest BCUT2D eigenvalue weighted by Gasteiger charge is -2.31. The quantitative estimate of drug-likeness (QED) is 0.855. The van der Waals surface area contributed by atoms with Crippen molar-refractivity contribution in [1.82, 2.24) is 4.90 Å². The van der Waals surface area contributed by atoms with E-state index in [0.717, 1.165) is 43.8 Å². The van der Waals surface area contributed by atoms with Crippen molar-refractivity contribution in [2.45, 2.75) is 25.5 Å². The molecule has 1 aromatic carbocycles. The van der Waals surface area contributed by atoms with Crippen molar-refractivity contribution in [2.24, 2.45) is 5.73 Å². The maximum absolute atomic E-state index is 5.46. The normalized spacial score (nSPS) is 16.3. The highest BCUT2D eigenvalue weighted by molar-refractivity contribution is 5.44. The Morgan fingerprint density at radius 1 is 1.29 bits per heavy atom. The van der Waals surface area contributed by atoms with Crippen LogP contribution in [0.5, 0.6) is 5.75 Å². The number of hydrogen-bond donors (Lipinski definition) is 1. The smallest absolute Gasteiger partial charge is 0.123 e. The molecule has 0 bridgehead atoms. The third kappa shape index (κ3) is 4.47. The number of ether oxygens (including phenoxy) is 2. The van der Waals surface area contributed by atoms with Crippen LogP contribution in [0.2, 0.25) is 0 Å². The zero-order valence-corrected chi connectivity index (χ0v) is 12.9. The predicted molar refractivity (Wildman–Crippen MR) is 84.2 cm³/mol. The minimum atomic E-state index is 0.381. The molecule has 4 heteroatoms. The van der Waals surface area contributed by atoms with E-state index in [-0.39, 0.29) is 0 Å². The van der Waals surface area contributed by atoms with Crippen LogP contribution in [0.25, 0.3) is 0 Å². The monoisotopic (exact) mass is 288 g/mol. The molecule has 0 unspecified atom stereocenters. The molecule has 21 heavy (non-hydrogen) atoms. The Morgan fingerprint density at radius 3 is 2.67 bits per heavy atom. The second kappa shape index (κ2) is 8.04. The van der Waals surface area contributed by atoms with Crippen LogP contribution in [0.15, 0.2) is 18.2 Å². The van der Waals surface area contributed by atoms with Crippen LogP contribution < -0.4 is 10.5 Å². The zero-order chi connectivity index (χ0) is 15.1. The first-order valence-corrected chi connectivity index (χ1v) is 7.37. The molecular formula is C17H24N2O2. The van der Waals surface area contributed by atoms with Crippen molar-refractivity contribution in [3.05, 3.63) is 29.3 Å². The summed E-state index contributed by atoms with van der Waals surface area (Å²) < 4.78 is 10.9. The van der Waals surface area contributed by atoms with Crippen LogP contribution in [-0.2, 0) is 11.3 Å². The topological polar surface area (TPSA) is 47.7 Å². The van der Waals surface area contributed by atoms with Gasteiger partial charge in [-0.2, -0.15) is 0 Å². The number of methoxy groups -OCH3 is 2. The molecule has 0 aromatic heterocycles. The third-order valence-electron chi connectivity index (χ3n) is 3.88. The van der Waals surface area contributed by atoms with Gasteiger partial charge in [0.2, 0.25) is 0 Å². The van der Waals surface area contributed by atoms with Crippen LogP contribution in [0.4, 0.5) is 0 Å². The lowest BCUT2D eigenvalue weighted by molar-refractivity contribution is 0.0387. The Kier molecular flexibility index (Phi) is 6.06. The maximum atomic E-state index is 5.46. The first kappa shape index (κ1) is 15.8. The molecule has 0 spiro atoms. The summed E-state index contributed by atoms with van der Waals surface area (Å²) in [6, 6.07) is 6.06. The van der Waals surface area contributed by atoms with Crippen LogP contribution in [0.3, 0.4) is 0 Å². The van der Waals surface area contributed by atoms with Gasteiger partial charge in [0.1, 0.15) is 5.75 Å². The van der Waals surface area contributed by atoms with Gasteiger partial charge in [-0.3, -0.25) is 4.90 Å². The fourth-order valence-corrected chi connectivity index (χ4v) is 2.68. The second-order valence-electron chi connectivity index (χ2n) is 5.24. The molecule has 1 aliphatic heterocycles. The minimum absolute atomic E-state index is 0.381. The van der Waals surface area contributed by atoms with Crippen molar-refractivity contribution in [1.29, 1.82) is 0 Å². The van der Waals surface area contributed by atoms with E-state index in [1.54, 1.807) is 14.2 Å². The second-order valence-corrected chi connectivity index (χ2v) is 5.24. The van der Waals surface area contributed by atoms with E-state index in [2.05, 4.69) is 22.8 Å². The number of nitrogens with zero attached hydrogens (tertiary/aromatic N) is 1. The van der Waals surface area contributed by atoms with Crippen molar-refractivity contribution in [2.75, 3.05) is 33.9 Å². The lowest BCUT2D eigenvalue weighted by Crippen LogP contribution is -2.36. The van der Waals surface area contributed by atoms with Gasteiger partial charge in [0, 0.05) is 37.9 Å². The first-order chi connectivity index (χ1) is 10.3. The van der Waals surface area contributed by atoms with Crippen LogP contribution >= 0.6 is 0 Å². The number of nitrogens with two attached hydrogens (primary N) is 1.